The number of nitrogen functional groups attached to an aromatic ring is 1. The first-order valence-corrected chi connectivity index (χ1v) is 6.54. The summed E-state index contributed by atoms with van der Waals surface area (Å²) in [5.74, 6) is -1.98. The van der Waals surface area contributed by atoms with Crippen LogP contribution in [-0.2, 0) is 19.2 Å². The van der Waals surface area contributed by atoms with Crippen molar-refractivity contribution in [1.29, 1.82) is 0 Å². The minimum Gasteiger partial charge on any atom is -0.476 e. The summed E-state index contributed by atoms with van der Waals surface area (Å²) in [5.41, 5.74) is 3.66. The SMILES string of the molecule is CCOC(=O)C(C)(C)O/N=C(/C(=O)O)c1csc(N)n1. The van der Waals surface area contributed by atoms with Gasteiger partial charge in [0.25, 0.3) is 0 Å². The Balaban J connectivity index is 2.94. The van der Waals surface area contributed by atoms with Crippen LogP contribution in [0.2, 0.25) is 0 Å². The third-order valence-corrected chi connectivity index (χ3v) is 2.77. The number of hydrogen-bond acceptors (Lipinski definition) is 8. The van der Waals surface area contributed by atoms with Crippen molar-refractivity contribution in [2.75, 3.05) is 12.3 Å². The maximum atomic E-state index is 11.6. The molecule has 0 fully saturated rings. The van der Waals surface area contributed by atoms with Crippen molar-refractivity contribution in [2.45, 2.75) is 26.4 Å². The van der Waals surface area contributed by atoms with Gasteiger partial charge in [-0.25, -0.2) is 14.6 Å². The fourth-order valence-electron chi connectivity index (χ4n) is 1.09. The molecule has 0 unspecified atom stereocenters. The molecule has 0 aromatic carbocycles. The molecule has 0 spiro atoms. The molecule has 1 aromatic heterocycles. The van der Waals surface area contributed by atoms with E-state index in [4.69, 9.17) is 20.4 Å². The minimum atomic E-state index is -1.40. The van der Waals surface area contributed by atoms with Crippen molar-refractivity contribution in [1.82, 2.24) is 4.98 Å². The number of nitrogens with zero attached hydrogens (tertiary/aromatic N) is 2. The molecule has 0 amide bonds. The molecule has 110 valence electrons. The Morgan fingerprint density at radius 1 is 1.55 bits per heavy atom. The van der Waals surface area contributed by atoms with Crippen molar-refractivity contribution in [2.24, 2.45) is 5.16 Å². The van der Waals surface area contributed by atoms with Crippen LogP contribution in [0.3, 0.4) is 0 Å². The lowest BCUT2D eigenvalue weighted by atomic mass is 10.1. The zero-order chi connectivity index (χ0) is 15.3. The summed E-state index contributed by atoms with van der Waals surface area (Å²) in [6, 6.07) is 0. The van der Waals surface area contributed by atoms with Gasteiger partial charge in [-0.3, -0.25) is 0 Å². The lowest BCUT2D eigenvalue weighted by Gasteiger charge is -2.19. The Kier molecular flexibility index (Phi) is 5.03. The van der Waals surface area contributed by atoms with Gasteiger partial charge in [0.2, 0.25) is 11.3 Å². The molecular formula is C11H15N3O5S. The van der Waals surface area contributed by atoms with E-state index in [0.29, 0.717) is 0 Å². The van der Waals surface area contributed by atoms with Crippen LogP contribution in [-0.4, -0.2) is 39.9 Å². The maximum Gasteiger partial charge on any atom is 0.360 e. The molecule has 1 aromatic rings. The second-order valence-electron chi connectivity index (χ2n) is 4.14. The van der Waals surface area contributed by atoms with Crippen LogP contribution in [0.15, 0.2) is 10.5 Å². The summed E-state index contributed by atoms with van der Waals surface area (Å²) in [6.07, 6.45) is 0. The summed E-state index contributed by atoms with van der Waals surface area (Å²) in [7, 11) is 0. The van der Waals surface area contributed by atoms with Gasteiger partial charge in [0.05, 0.1) is 6.61 Å². The van der Waals surface area contributed by atoms with Crippen LogP contribution in [0.5, 0.6) is 0 Å². The molecule has 0 aliphatic rings. The van der Waals surface area contributed by atoms with E-state index in [-0.39, 0.29) is 17.4 Å². The van der Waals surface area contributed by atoms with Crippen molar-refractivity contribution in [3.8, 4) is 0 Å². The summed E-state index contributed by atoms with van der Waals surface area (Å²) in [5, 5.41) is 14.2. The normalized spacial score (nSPS) is 12.1. The van der Waals surface area contributed by atoms with E-state index >= 15 is 0 Å². The van der Waals surface area contributed by atoms with Crippen LogP contribution in [0, 0.1) is 0 Å². The highest BCUT2D eigenvalue weighted by atomic mass is 32.1. The minimum absolute atomic E-state index is 0.0691. The number of aromatic nitrogens is 1. The molecule has 9 heteroatoms. The lowest BCUT2D eigenvalue weighted by Crippen LogP contribution is -2.36. The zero-order valence-corrected chi connectivity index (χ0v) is 12.1. The third-order valence-electron chi connectivity index (χ3n) is 2.10. The molecule has 0 bridgehead atoms. The molecule has 0 radical (unpaired) electrons. The number of nitrogens with two attached hydrogens (primary N) is 1. The fourth-order valence-corrected chi connectivity index (χ4v) is 1.64. The molecule has 1 rings (SSSR count). The molecular weight excluding hydrogens is 286 g/mol. The van der Waals surface area contributed by atoms with Gasteiger partial charge in [0, 0.05) is 5.38 Å². The van der Waals surface area contributed by atoms with E-state index in [1.807, 2.05) is 0 Å². The average Bonchev–Trinajstić information content (AvgIpc) is 2.75. The number of thiazole rings is 1. The van der Waals surface area contributed by atoms with E-state index in [1.165, 1.54) is 19.2 Å². The van der Waals surface area contributed by atoms with E-state index in [9.17, 15) is 9.59 Å². The van der Waals surface area contributed by atoms with Gasteiger partial charge in [0.1, 0.15) is 5.69 Å². The number of carbonyl (C=O) groups excluding carboxylic acids is 1. The van der Waals surface area contributed by atoms with Crippen LogP contribution >= 0.6 is 11.3 Å². The van der Waals surface area contributed by atoms with E-state index in [1.54, 1.807) is 6.92 Å². The lowest BCUT2D eigenvalue weighted by molar-refractivity contribution is -0.167. The van der Waals surface area contributed by atoms with Crippen LogP contribution in [0.4, 0.5) is 5.13 Å². The van der Waals surface area contributed by atoms with Crippen molar-refractivity contribution in [3.63, 3.8) is 0 Å². The first-order chi connectivity index (χ1) is 9.27. The number of carboxylic acid groups (broad SMARTS) is 1. The number of carboxylic acids is 1. The summed E-state index contributed by atoms with van der Waals surface area (Å²) in [4.78, 5) is 31.5. The number of esters is 1. The standard InChI is InChI=1S/C11H15N3O5S/c1-4-18-9(17)11(2,3)19-14-7(8(15)16)6-5-20-10(12)13-6/h5H,4H2,1-3H3,(H2,12,13)(H,15,16)/b14-7+. The van der Waals surface area contributed by atoms with Crippen molar-refractivity contribution in [3.05, 3.63) is 11.1 Å². The largest absolute Gasteiger partial charge is 0.476 e. The molecule has 0 aliphatic heterocycles. The van der Waals surface area contributed by atoms with Crippen molar-refractivity contribution >= 4 is 34.1 Å². The van der Waals surface area contributed by atoms with Crippen molar-refractivity contribution < 1.29 is 24.3 Å². The predicted molar refractivity (Wildman–Crippen MR) is 72.5 cm³/mol. The fraction of sp³-hybridized carbons (Fsp3) is 0.455. The number of oxime groups is 1. The van der Waals surface area contributed by atoms with E-state index in [2.05, 4.69) is 10.1 Å². The number of hydrogen-bond donors (Lipinski definition) is 2. The Bertz CT molecular complexity index is 538. The third kappa shape index (κ3) is 3.92. The summed E-state index contributed by atoms with van der Waals surface area (Å²) in [6.45, 7) is 4.68. The highest BCUT2D eigenvalue weighted by molar-refractivity contribution is 7.13. The maximum absolute atomic E-state index is 11.6. The highest BCUT2D eigenvalue weighted by Gasteiger charge is 2.33. The van der Waals surface area contributed by atoms with Gasteiger partial charge >= 0.3 is 11.9 Å². The van der Waals surface area contributed by atoms with Gasteiger partial charge in [0.15, 0.2) is 5.13 Å². The van der Waals surface area contributed by atoms with Crippen LogP contribution in [0.1, 0.15) is 26.5 Å². The number of rotatable bonds is 6. The van der Waals surface area contributed by atoms with E-state index in [0.717, 1.165) is 11.3 Å². The van der Waals surface area contributed by atoms with Gasteiger partial charge in [-0.15, -0.1) is 11.3 Å². The molecule has 0 atom stereocenters. The smallest absolute Gasteiger partial charge is 0.360 e. The van der Waals surface area contributed by atoms with Gasteiger partial charge < -0.3 is 20.4 Å². The molecule has 1 heterocycles. The number of anilines is 1. The van der Waals surface area contributed by atoms with Gasteiger partial charge in [-0.2, -0.15) is 0 Å². The Morgan fingerprint density at radius 3 is 2.65 bits per heavy atom. The van der Waals surface area contributed by atoms with Crippen LogP contribution in [0.25, 0.3) is 0 Å². The topological polar surface area (TPSA) is 124 Å². The average molecular weight is 301 g/mol. The Labute approximate surface area is 119 Å². The molecule has 0 saturated carbocycles. The first-order valence-electron chi connectivity index (χ1n) is 5.66. The second-order valence-corrected chi connectivity index (χ2v) is 5.03. The van der Waals surface area contributed by atoms with Crippen LogP contribution < -0.4 is 5.73 Å². The first kappa shape index (κ1) is 15.9. The second kappa shape index (κ2) is 6.33. The summed E-state index contributed by atoms with van der Waals surface area (Å²) >= 11 is 1.07. The zero-order valence-electron chi connectivity index (χ0n) is 11.2. The van der Waals surface area contributed by atoms with Gasteiger partial charge in [-0.1, -0.05) is 5.16 Å². The quantitative estimate of drug-likeness (QED) is 0.454. The van der Waals surface area contributed by atoms with E-state index < -0.39 is 23.3 Å². The van der Waals surface area contributed by atoms with Gasteiger partial charge in [-0.05, 0) is 20.8 Å². The summed E-state index contributed by atoms with van der Waals surface area (Å²) < 4.78 is 4.80. The number of aliphatic carboxylic acids is 1. The number of carbonyl (C=O) groups is 2. The highest BCUT2D eigenvalue weighted by Crippen LogP contribution is 2.16. The predicted octanol–water partition coefficient (Wildman–Crippen LogP) is 0.872. The number of ether oxygens (including phenoxy) is 1. The molecule has 0 saturated heterocycles. The Morgan fingerprint density at radius 2 is 2.20 bits per heavy atom. The molecule has 8 nitrogen and oxygen atoms in total. The molecule has 0 aliphatic carbocycles. The Hall–Kier alpha value is -2.16. The monoisotopic (exact) mass is 301 g/mol. The molecule has 3 N–H and O–H groups in total. The molecule has 20 heavy (non-hydrogen) atoms.